The fourth-order valence-electron chi connectivity index (χ4n) is 3.36. The molecule has 4 atom stereocenters. The molecule has 38 heavy (non-hydrogen) atoms. The average Bonchev–Trinajstić information content (AvgIpc) is 2.87. The molecule has 0 heterocycles. The number of nitrogens with two attached hydrogens (primary N) is 2. The van der Waals surface area contributed by atoms with E-state index in [4.69, 9.17) is 11.5 Å². The summed E-state index contributed by atoms with van der Waals surface area (Å²) in [5, 5.41) is 26.4. The Bertz CT molecular complexity index is 949. The van der Waals surface area contributed by atoms with Gasteiger partial charge in [0.2, 0.25) is 23.6 Å². The molecule has 0 saturated carbocycles. The molecule has 0 saturated heterocycles. The minimum absolute atomic E-state index is 0.0638. The van der Waals surface area contributed by atoms with E-state index in [-0.39, 0.29) is 37.9 Å². The molecule has 0 fully saturated rings. The van der Waals surface area contributed by atoms with Crippen molar-refractivity contribution in [1.29, 1.82) is 0 Å². The number of nitrogens with one attached hydrogen (secondary N) is 3. The van der Waals surface area contributed by atoms with Crippen LogP contribution in [-0.2, 0) is 30.4 Å². The average molecular weight is 572 g/mol. The summed E-state index contributed by atoms with van der Waals surface area (Å²) in [6.07, 6.45) is 3.86. The standard InChI is InChI=1S/C24H37N5O7S2/c1-37-11-9-18(23(34)29-19(24(35)36)10-12-38-2)28-22(33)17(7-8-20(26)31)27-21(32)16(25)13-14-3-5-15(30)6-4-14/h3-6,16-19,30H,7-13,25H2,1-2H3,(H2,26,31)(H,27,32)(H,28,33)(H,29,34)(H,35,36). The van der Waals surface area contributed by atoms with Crippen molar-refractivity contribution in [3.63, 3.8) is 0 Å². The van der Waals surface area contributed by atoms with Gasteiger partial charge >= 0.3 is 5.97 Å². The summed E-state index contributed by atoms with van der Waals surface area (Å²) >= 11 is 2.88. The second kappa shape index (κ2) is 17.5. The summed E-state index contributed by atoms with van der Waals surface area (Å²) in [6, 6.07) is 1.70. The van der Waals surface area contributed by atoms with E-state index >= 15 is 0 Å². The van der Waals surface area contributed by atoms with Gasteiger partial charge in [0.25, 0.3) is 0 Å². The number of aliphatic carboxylic acids is 1. The Balaban J connectivity index is 2.96. The van der Waals surface area contributed by atoms with Crippen molar-refractivity contribution in [2.24, 2.45) is 11.5 Å². The van der Waals surface area contributed by atoms with Crippen LogP contribution in [0.5, 0.6) is 5.75 Å². The molecule has 0 aliphatic heterocycles. The van der Waals surface area contributed by atoms with Crippen LogP contribution in [0.2, 0.25) is 0 Å². The Morgan fingerprint density at radius 2 is 1.29 bits per heavy atom. The van der Waals surface area contributed by atoms with Crippen LogP contribution in [0.4, 0.5) is 0 Å². The van der Waals surface area contributed by atoms with E-state index in [2.05, 4.69) is 16.0 Å². The van der Waals surface area contributed by atoms with Gasteiger partial charge in [0.1, 0.15) is 23.9 Å². The molecule has 0 aromatic heterocycles. The first-order chi connectivity index (χ1) is 18.0. The third kappa shape index (κ3) is 12.5. The fourth-order valence-corrected chi connectivity index (χ4v) is 4.30. The number of phenolic OH excluding ortho intramolecular Hbond substituents is 1. The van der Waals surface area contributed by atoms with Crippen LogP contribution in [0.1, 0.15) is 31.2 Å². The SMILES string of the molecule is CSCCC(NC(=O)C(CCSC)NC(=O)C(CCC(N)=O)NC(=O)C(N)Cc1ccc(O)cc1)C(=O)O. The summed E-state index contributed by atoms with van der Waals surface area (Å²) in [5.41, 5.74) is 11.9. The fraction of sp³-hybridized carbons (Fsp3) is 0.542. The lowest BCUT2D eigenvalue weighted by Gasteiger charge is -2.25. The van der Waals surface area contributed by atoms with Crippen molar-refractivity contribution in [2.45, 2.75) is 56.3 Å². The van der Waals surface area contributed by atoms with Gasteiger partial charge in [0.15, 0.2) is 0 Å². The molecular weight excluding hydrogens is 534 g/mol. The second-order valence-corrected chi connectivity index (χ2v) is 10.5. The smallest absolute Gasteiger partial charge is 0.326 e. The van der Waals surface area contributed by atoms with E-state index < -0.39 is 53.8 Å². The lowest BCUT2D eigenvalue weighted by atomic mass is 10.0. The first-order valence-corrected chi connectivity index (χ1v) is 14.7. The third-order valence-electron chi connectivity index (χ3n) is 5.51. The normalized spacial score (nSPS) is 14.0. The van der Waals surface area contributed by atoms with E-state index in [1.807, 2.05) is 12.5 Å². The lowest BCUT2D eigenvalue weighted by Crippen LogP contribution is -2.57. The maximum atomic E-state index is 13.1. The highest BCUT2D eigenvalue weighted by Crippen LogP contribution is 2.11. The maximum absolute atomic E-state index is 13.1. The largest absolute Gasteiger partial charge is 0.508 e. The number of benzene rings is 1. The number of amides is 4. The third-order valence-corrected chi connectivity index (χ3v) is 6.80. The van der Waals surface area contributed by atoms with Crippen LogP contribution in [0.15, 0.2) is 24.3 Å². The molecule has 0 spiro atoms. The molecular formula is C24H37N5O7S2. The van der Waals surface area contributed by atoms with Gasteiger partial charge in [-0.2, -0.15) is 23.5 Å². The number of hydrogen-bond donors (Lipinski definition) is 7. The van der Waals surface area contributed by atoms with E-state index in [1.165, 1.54) is 35.7 Å². The number of carboxylic acid groups (broad SMARTS) is 1. The number of thioether (sulfide) groups is 2. The van der Waals surface area contributed by atoms with Crippen LogP contribution in [-0.4, -0.2) is 88.0 Å². The van der Waals surface area contributed by atoms with Crippen molar-refractivity contribution in [2.75, 3.05) is 24.0 Å². The number of carboxylic acids is 1. The summed E-state index contributed by atoms with van der Waals surface area (Å²) in [7, 11) is 0. The van der Waals surface area contributed by atoms with Gasteiger partial charge in [-0.3, -0.25) is 19.2 Å². The van der Waals surface area contributed by atoms with E-state index in [0.717, 1.165) is 0 Å². The first-order valence-electron chi connectivity index (χ1n) is 11.9. The molecule has 12 nitrogen and oxygen atoms in total. The lowest BCUT2D eigenvalue weighted by molar-refractivity contribution is -0.142. The van der Waals surface area contributed by atoms with Crippen molar-refractivity contribution in [3.05, 3.63) is 29.8 Å². The summed E-state index contributed by atoms with van der Waals surface area (Å²) in [6.45, 7) is 0. The van der Waals surface area contributed by atoms with Crippen LogP contribution in [0.25, 0.3) is 0 Å². The Morgan fingerprint density at radius 3 is 1.79 bits per heavy atom. The minimum Gasteiger partial charge on any atom is -0.508 e. The highest BCUT2D eigenvalue weighted by Gasteiger charge is 2.30. The summed E-state index contributed by atoms with van der Waals surface area (Å²) < 4.78 is 0. The van der Waals surface area contributed by atoms with E-state index in [1.54, 1.807) is 12.1 Å². The number of aromatic hydroxyl groups is 1. The zero-order valence-corrected chi connectivity index (χ0v) is 23.1. The molecule has 0 radical (unpaired) electrons. The summed E-state index contributed by atoms with van der Waals surface area (Å²) in [4.78, 5) is 61.7. The van der Waals surface area contributed by atoms with E-state index in [9.17, 15) is 34.2 Å². The zero-order valence-electron chi connectivity index (χ0n) is 21.5. The van der Waals surface area contributed by atoms with Crippen molar-refractivity contribution in [3.8, 4) is 5.75 Å². The van der Waals surface area contributed by atoms with Gasteiger partial charge in [-0.05, 0) is 67.4 Å². The molecule has 4 unspecified atom stereocenters. The van der Waals surface area contributed by atoms with Gasteiger partial charge < -0.3 is 37.6 Å². The summed E-state index contributed by atoms with van der Waals surface area (Å²) in [5.74, 6) is -2.83. The van der Waals surface area contributed by atoms with Gasteiger partial charge in [0.05, 0.1) is 6.04 Å². The van der Waals surface area contributed by atoms with Crippen LogP contribution >= 0.6 is 23.5 Å². The Kier molecular flexibility index (Phi) is 15.2. The zero-order chi connectivity index (χ0) is 28.7. The molecule has 1 aromatic rings. The molecule has 14 heteroatoms. The molecule has 212 valence electrons. The van der Waals surface area contributed by atoms with Crippen molar-refractivity contribution >= 4 is 53.1 Å². The number of carbonyl (C=O) groups is 5. The minimum atomic E-state index is -1.21. The maximum Gasteiger partial charge on any atom is 0.326 e. The van der Waals surface area contributed by atoms with Gasteiger partial charge in [-0.1, -0.05) is 12.1 Å². The Hall–Kier alpha value is -2.97. The highest BCUT2D eigenvalue weighted by molar-refractivity contribution is 7.98. The molecule has 4 amide bonds. The second-order valence-electron chi connectivity index (χ2n) is 8.57. The molecule has 1 aromatic carbocycles. The van der Waals surface area contributed by atoms with Crippen molar-refractivity contribution in [1.82, 2.24) is 16.0 Å². The highest BCUT2D eigenvalue weighted by atomic mass is 32.2. The molecule has 0 bridgehead atoms. The van der Waals surface area contributed by atoms with Gasteiger partial charge in [-0.25, -0.2) is 4.79 Å². The van der Waals surface area contributed by atoms with Crippen molar-refractivity contribution < 1.29 is 34.2 Å². The number of hydrogen-bond acceptors (Lipinski definition) is 9. The number of rotatable bonds is 18. The topological polar surface area (TPSA) is 214 Å². The molecule has 0 aliphatic carbocycles. The number of primary amides is 1. The Morgan fingerprint density at radius 1 is 0.816 bits per heavy atom. The van der Waals surface area contributed by atoms with Crippen LogP contribution in [0, 0.1) is 0 Å². The van der Waals surface area contributed by atoms with Gasteiger partial charge in [0, 0.05) is 6.42 Å². The Labute approximate surface area is 230 Å². The van der Waals surface area contributed by atoms with Gasteiger partial charge in [-0.15, -0.1) is 0 Å². The monoisotopic (exact) mass is 571 g/mol. The van der Waals surface area contributed by atoms with Crippen LogP contribution in [0.3, 0.4) is 0 Å². The molecule has 1 rings (SSSR count). The number of phenols is 1. The molecule has 0 aliphatic rings. The predicted octanol–water partition coefficient (Wildman–Crippen LogP) is -0.427. The number of carbonyl (C=O) groups excluding carboxylic acids is 4. The first kappa shape index (κ1) is 33.1. The molecule has 9 N–H and O–H groups in total. The van der Waals surface area contributed by atoms with E-state index in [0.29, 0.717) is 17.1 Å². The van der Waals surface area contributed by atoms with Crippen LogP contribution < -0.4 is 27.4 Å². The quantitative estimate of drug-likeness (QED) is 0.121. The predicted molar refractivity (Wildman–Crippen MR) is 148 cm³/mol.